The topological polar surface area (TPSA) is 54.4 Å². The third-order valence-electron chi connectivity index (χ3n) is 3.96. The summed E-state index contributed by atoms with van der Waals surface area (Å²) >= 11 is 0. The van der Waals surface area contributed by atoms with E-state index in [1.807, 2.05) is 0 Å². The molecule has 0 bridgehead atoms. The Labute approximate surface area is 106 Å². The van der Waals surface area contributed by atoms with E-state index in [9.17, 15) is 13.5 Å². The van der Waals surface area contributed by atoms with Gasteiger partial charge >= 0.3 is 0 Å². The first kappa shape index (κ1) is 15.0. The zero-order valence-corrected chi connectivity index (χ0v) is 11.9. The second-order valence-corrected chi connectivity index (χ2v) is 7.80. The molecule has 0 saturated heterocycles. The Kier molecular flexibility index (Phi) is 5.93. The van der Waals surface area contributed by atoms with E-state index >= 15 is 0 Å². The van der Waals surface area contributed by atoms with Crippen LogP contribution in [0.25, 0.3) is 0 Å². The van der Waals surface area contributed by atoms with Gasteiger partial charge in [0.25, 0.3) is 0 Å². The Morgan fingerprint density at radius 2 is 2.06 bits per heavy atom. The summed E-state index contributed by atoms with van der Waals surface area (Å²) in [6.07, 6.45) is 8.12. The predicted octanol–water partition coefficient (Wildman–Crippen LogP) is 2.39. The molecular weight excluding hydrogens is 236 g/mol. The highest BCUT2D eigenvalue weighted by Crippen LogP contribution is 2.33. The van der Waals surface area contributed by atoms with Crippen LogP contribution in [0.1, 0.15) is 51.9 Å². The maximum absolute atomic E-state index is 11.0. The molecular formula is C13H26O3S. The van der Waals surface area contributed by atoms with E-state index in [2.05, 4.69) is 6.92 Å². The van der Waals surface area contributed by atoms with Gasteiger partial charge in [0.1, 0.15) is 9.84 Å². The monoisotopic (exact) mass is 262 g/mol. The molecule has 3 atom stereocenters. The molecule has 17 heavy (non-hydrogen) atoms. The average Bonchev–Trinajstić information content (AvgIpc) is 2.27. The zero-order valence-electron chi connectivity index (χ0n) is 11.1. The second kappa shape index (κ2) is 6.74. The third-order valence-corrected chi connectivity index (χ3v) is 4.99. The summed E-state index contributed by atoms with van der Waals surface area (Å²) in [6.45, 7) is 2.21. The summed E-state index contributed by atoms with van der Waals surface area (Å²) in [4.78, 5) is 0. The van der Waals surface area contributed by atoms with E-state index in [4.69, 9.17) is 0 Å². The highest BCUT2D eigenvalue weighted by atomic mass is 32.2. The molecule has 1 aliphatic rings. The lowest BCUT2D eigenvalue weighted by molar-refractivity contribution is 0.0612. The van der Waals surface area contributed by atoms with Crippen molar-refractivity contribution in [2.45, 2.75) is 58.0 Å². The average molecular weight is 262 g/mol. The van der Waals surface area contributed by atoms with Crippen molar-refractivity contribution in [3.8, 4) is 0 Å². The van der Waals surface area contributed by atoms with Crippen LogP contribution in [-0.2, 0) is 9.84 Å². The summed E-state index contributed by atoms with van der Waals surface area (Å²) in [6, 6.07) is 0. The lowest BCUT2D eigenvalue weighted by Gasteiger charge is -2.31. The van der Waals surface area contributed by atoms with Gasteiger partial charge in [0.05, 0.1) is 6.10 Å². The highest BCUT2D eigenvalue weighted by Gasteiger charge is 2.26. The third kappa shape index (κ3) is 5.87. The minimum Gasteiger partial charge on any atom is -0.393 e. The highest BCUT2D eigenvalue weighted by molar-refractivity contribution is 7.90. The Morgan fingerprint density at radius 3 is 2.65 bits per heavy atom. The molecule has 0 amide bonds. The fourth-order valence-corrected chi connectivity index (χ4v) is 3.53. The number of hydrogen-bond acceptors (Lipinski definition) is 3. The van der Waals surface area contributed by atoms with Crippen LogP contribution in [0.3, 0.4) is 0 Å². The van der Waals surface area contributed by atoms with Crippen molar-refractivity contribution in [1.82, 2.24) is 0 Å². The SMILES string of the molecule is CCC1CCCC(C(O)CCCS(C)(=O)=O)C1. The molecule has 1 N–H and O–H groups in total. The fourth-order valence-electron chi connectivity index (χ4n) is 2.84. The molecule has 1 saturated carbocycles. The Morgan fingerprint density at radius 1 is 1.35 bits per heavy atom. The molecule has 0 heterocycles. The fraction of sp³-hybridized carbons (Fsp3) is 1.00. The van der Waals surface area contributed by atoms with Crippen LogP contribution in [0.15, 0.2) is 0 Å². The molecule has 1 rings (SSSR count). The predicted molar refractivity (Wildman–Crippen MR) is 70.7 cm³/mol. The standard InChI is InChI=1S/C13H26O3S/c1-3-11-6-4-7-12(10-11)13(14)8-5-9-17(2,15)16/h11-14H,3-10H2,1-2H3. The number of hydrogen-bond donors (Lipinski definition) is 1. The maximum Gasteiger partial charge on any atom is 0.147 e. The van der Waals surface area contributed by atoms with Crippen molar-refractivity contribution in [1.29, 1.82) is 0 Å². The summed E-state index contributed by atoms with van der Waals surface area (Å²) in [5, 5.41) is 10.1. The van der Waals surface area contributed by atoms with Gasteiger partial charge in [0.15, 0.2) is 0 Å². The Hall–Kier alpha value is -0.0900. The van der Waals surface area contributed by atoms with Crippen molar-refractivity contribution in [3.63, 3.8) is 0 Å². The maximum atomic E-state index is 11.0. The summed E-state index contributed by atoms with van der Waals surface area (Å²) in [7, 11) is -2.88. The van der Waals surface area contributed by atoms with Gasteiger partial charge in [-0.1, -0.05) is 26.2 Å². The van der Waals surface area contributed by atoms with Gasteiger partial charge < -0.3 is 5.11 Å². The van der Waals surface area contributed by atoms with Crippen molar-refractivity contribution in [2.24, 2.45) is 11.8 Å². The van der Waals surface area contributed by atoms with Gasteiger partial charge in [-0.25, -0.2) is 8.42 Å². The summed E-state index contributed by atoms with van der Waals surface area (Å²) < 4.78 is 22.0. The van der Waals surface area contributed by atoms with Crippen molar-refractivity contribution < 1.29 is 13.5 Å². The molecule has 102 valence electrons. The Balaban J connectivity index is 2.29. The van der Waals surface area contributed by atoms with E-state index in [0.717, 1.165) is 18.8 Å². The first-order valence-corrected chi connectivity index (χ1v) is 8.84. The largest absolute Gasteiger partial charge is 0.393 e. The number of aliphatic hydroxyl groups excluding tert-OH is 1. The minimum absolute atomic E-state index is 0.202. The summed E-state index contributed by atoms with van der Waals surface area (Å²) in [5.41, 5.74) is 0. The molecule has 0 aromatic heterocycles. The van der Waals surface area contributed by atoms with Crippen LogP contribution >= 0.6 is 0 Å². The normalized spacial score (nSPS) is 27.9. The van der Waals surface area contributed by atoms with Crippen molar-refractivity contribution in [3.05, 3.63) is 0 Å². The lowest BCUT2D eigenvalue weighted by Crippen LogP contribution is -2.27. The molecule has 3 unspecified atom stereocenters. The first-order chi connectivity index (χ1) is 7.92. The molecule has 0 aliphatic heterocycles. The van der Waals surface area contributed by atoms with Gasteiger partial charge in [-0.15, -0.1) is 0 Å². The second-order valence-electron chi connectivity index (χ2n) is 5.54. The molecule has 0 aromatic carbocycles. The van der Waals surface area contributed by atoms with Crippen molar-refractivity contribution in [2.75, 3.05) is 12.0 Å². The molecule has 0 aromatic rings. The van der Waals surface area contributed by atoms with E-state index < -0.39 is 9.84 Å². The van der Waals surface area contributed by atoms with E-state index in [-0.39, 0.29) is 11.9 Å². The van der Waals surface area contributed by atoms with Gasteiger partial charge in [-0.2, -0.15) is 0 Å². The summed E-state index contributed by atoms with van der Waals surface area (Å²) in [5.74, 6) is 1.36. The van der Waals surface area contributed by atoms with Crippen LogP contribution in [0.5, 0.6) is 0 Å². The van der Waals surface area contributed by atoms with Gasteiger partial charge in [0, 0.05) is 12.0 Å². The van der Waals surface area contributed by atoms with Crippen LogP contribution in [0.2, 0.25) is 0 Å². The lowest BCUT2D eigenvalue weighted by atomic mass is 9.77. The number of sulfone groups is 1. The minimum atomic E-state index is -2.88. The molecule has 0 spiro atoms. The molecule has 1 fully saturated rings. The van der Waals surface area contributed by atoms with Crippen LogP contribution < -0.4 is 0 Å². The molecule has 1 aliphatic carbocycles. The number of aliphatic hydroxyl groups is 1. The van der Waals surface area contributed by atoms with Crippen LogP contribution in [0.4, 0.5) is 0 Å². The van der Waals surface area contributed by atoms with E-state index in [0.29, 0.717) is 18.8 Å². The quantitative estimate of drug-likeness (QED) is 0.799. The first-order valence-electron chi connectivity index (χ1n) is 6.78. The molecule has 3 nitrogen and oxygen atoms in total. The van der Waals surface area contributed by atoms with Gasteiger partial charge in [-0.3, -0.25) is 0 Å². The van der Waals surface area contributed by atoms with E-state index in [1.165, 1.54) is 25.5 Å². The van der Waals surface area contributed by atoms with E-state index in [1.54, 1.807) is 0 Å². The van der Waals surface area contributed by atoms with Gasteiger partial charge in [-0.05, 0) is 37.5 Å². The molecule has 0 radical (unpaired) electrons. The Bertz CT molecular complexity index is 311. The number of rotatable bonds is 6. The van der Waals surface area contributed by atoms with Gasteiger partial charge in [0.2, 0.25) is 0 Å². The van der Waals surface area contributed by atoms with Crippen LogP contribution in [0, 0.1) is 11.8 Å². The zero-order chi connectivity index (χ0) is 12.9. The molecule has 4 heteroatoms. The smallest absolute Gasteiger partial charge is 0.147 e. The van der Waals surface area contributed by atoms with Crippen molar-refractivity contribution >= 4 is 9.84 Å². The van der Waals surface area contributed by atoms with Crippen LogP contribution in [-0.4, -0.2) is 31.6 Å².